The van der Waals surface area contributed by atoms with E-state index in [-0.39, 0.29) is 5.56 Å². The second-order valence-corrected chi connectivity index (χ2v) is 3.87. The lowest BCUT2D eigenvalue weighted by molar-refractivity contribution is 0.287. The molecule has 0 radical (unpaired) electrons. The normalized spacial score (nSPS) is 10.2. The van der Waals surface area contributed by atoms with Gasteiger partial charge < -0.3 is 15.2 Å². The average molecular weight is 261 g/mol. The molecular weight excluding hydrogens is 246 g/mol. The number of hydrogen-bond donors (Lipinski definition) is 1. The van der Waals surface area contributed by atoms with Crippen LogP contribution in [0.3, 0.4) is 0 Å². The fourth-order valence-electron chi connectivity index (χ4n) is 1.54. The van der Waals surface area contributed by atoms with Gasteiger partial charge in [-0.15, -0.1) is 0 Å². The third-order valence-corrected chi connectivity index (χ3v) is 2.52. The molecular formula is C13H15N3O3. The lowest BCUT2D eigenvalue weighted by atomic mass is 10.3. The van der Waals surface area contributed by atoms with Gasteiger partial charge in [-0.25, -0.2) is 4.68 Å². The van der Waals surface area contributed by atoms with E-state index in [0.717, 1.165) is 5.75 Å². The SMILES string of the molecule is COc1ccc(OCCn2ncc(N)cc2=O)cc1. The summed E-state index contributed by atoms with van der Waals surface area (Å²) in [5.41, 5.74) is 5.58. The van der Waals surface area contributed by atoms with Crippen molar-refractivity contribution in [2.24, 2.45) is 0 Å². The zero-order chi connectivity index (χ0) is 13.7. The first-order valence-corrected chi connectivity index (χ1v) is 5.78. The molecule has 1 aromatic carbocycles. The minimum atomic E-state index is -0.238. The van der Waals surface area contributed by atoms with Crippen LogP contribution < -0.4 is 20.8 Å². The van der Waals surface area contributed by atoms with Crippen molar-refractivity contribution in [3.8, 4) is 11.5 Å². The van der Waals surface area contributed by atoms with Crippen LogP contribution in [0.5, 0.6) is 11.5 Å². The van der Waals surface area contributed by atoms with Gasteiger partial charge in [0.15, 0.2) is 0 Å². The van der Waals surface area contributed by atoms with E-state index in [1.54, 1.807) is 19.2 Å². The molecule has 0 saturated carbocycles. The Hall–Kier alpha value is -2.50. The second kappa shape index (κ2) is 5.90. The molecule has 100 valence electrons. The number of hydrogen-bond acceptors (Lipinski definition) is 5. The molecule has 0 atom stereocenters. The van der Waals surface area contributed by atoms with Gasteiger partial charge >= 0.3 is 0 Å². The molecule has 2 rings (SSSR count). The maximum absolute atomic E-state index is 11.5. The smallest absolute Gasteiger partial charge is 0.268 e. The van der Waals surface area contributed by atoms with Gasteiger partial charge in [0.2, 0.25) is 0 Å². The molecule has 0 spiro atoms. The van der Waals surface area contributed by atoms with Gasteiger partial charge in [-0.1, -0.05) is 0 Å². The van der Waals surface area contributed by atoms with Crippen molar-refractivity contribution in [3.05, 3.63) is 46.9 Å². The van der Waals surface area contributed by atoms with Crippen molar-refractivity contribution in [3.63, 3.8) is 0 Å². The molecule has 0 amide bonds. The van der Waals surface area contributed by atoms with Gasteiger partial charge in [0, 0.05) is 6.07 Å². The molecule has 6 nitrogen and oxygen atoms in total. The Morgan fingerprint density at radius 3 is 2.58 bits per heavy atom. The number of aromatic nitrogens is 2. The van der Waals surface area contributed by atoms with Crippen LogP contribution in [0.2, 0.25) is 0 Å². The van der Waals surface area contributed by atoms with Crippen LogP contribution in [0.1, 0.15) is 0 Å². The summed E-state index contributed by atoms with van der Waals surface area (Å²) in [6.45, 7) is 0.717. The van der Waals surface area contributed by atoms with Crippen molar-refractivity contribution >= 4 is 5.69 Å². The zero-order valence-corrected chi connectivity index (χ0v) is 10.6. The summed E-state index contributed by atoms with van der Waals surface area (Å²) in [5.74, 6) is 1.48. The van der Waals surface area contributed by atoms with Crippen LogP contribution in [-0.2, 0) is 6.54 Å². The number of nitrogens with two attached hydrogens (primary N) is 1. The predicted octanol–water partition coefficient (Wildman–Crippen LogP) is 0.913. The van der Waals surface area contributed by atoms with E-state index in [2.05, 4.69) is 5.10 Å². The topological polar surface area (TPSA) is 79.4 Å². The Morgan fingerprint density at radius 1 is 1.26 bits per heavy atom. The number of anilines is 1. The molecule has 1 aromatic heterocycles. The third-order valence-electron chi connectivity index (χ3n) is 2.52. The van der Waals surface area contributed by atoms with Crippen molar-refractivity contribution in [2.75, 3.05) is 19.5 Å². The van der Waals surface area contributed by atoms with Gasteiger partial charge in [-0.3, -0.25) is 4.79 Å². The summed E-state index contributed by atoms with van der Waals surface area (Å²) in [6, 6.07) is 8.56. The van der Waals surface area contributed by atoms with Gasteiger partial charge in [-0.05, 0) is 24.3 Å². The molecule has 2 N–H and O–H groups in total. The summed E-state index contributed by atoms with van der Waals surface area (Å²) in [7, 11) is 1.61. The fourth-order valence-corrected chi connectivity index (χ4v) is 1.54. The highest BCUT2D eigenvalue weighted by atomic mass is 16.5. The average Bonchev–Trinajstić information content (AvgIpc) is 2.42. The van der Waals surface area contributed by atoms with Crippen LogP contribution in [0, 0.1) is 0 Å². The number of ether oxygens (including phenoxy) is 2. The molecule has 0 aliphatic heterocycles. The van der Waals surface area contributed by atoms with Crippen LogP contribution >= 0.6 is 0 Å². The van der Waals surface area contributed by atoms with E-state index in [1.807, 2.05) is 12.1 Å². The van der Waals surface area contributed by atoms with Crippen molar-refractivity contribution in [2.45, 2.75) is 6.54 Å². The van der Waals surface area contributed by atoms with E-state index in [1.165, 1.54) is 16.9 Å². The van der Waals surface area contributed by atoms with E-state index < -0.39 is 0 Å². The first-order valence-electron chi connectivity index (χ1n) is 5.78. The molecule has 0 aliphatic carbocycles. The fraction of sp³-hybridized carbons (Fsp3) is 0.231. The van der Waals surface area contributed by atoms with Crippen molar-refractivity contribution in [1.82, 2.24) is 9.78 Å². The maximum atomic E-state index is 11.5. The largest absolute Gasteiger partial charge is 0.497 e. The quantitative estimate of drug-likeness (QED) is 0.865. The number of benzene rings is 1. The summed E-state index contributed by atoms with van der Waals surface area (Å²) < 4.78 is 11.9. The minimum Gasteiger partial charge on any atom is -0.497 e. The van der Waals surface area contributed by atoms with Crippen LogP contribution in [0.4, 0.5) is 5.69 Å². The van der Waals surface area contributed by atoms with Gasteiger partial charge in [0.25, 0.3) is 5.56 Å². The zero-order valence-electron chi connectivity index (χ0n) is 10.6. The monoisotopic (exact) mass is 261 g/mol. The van der Waals surface area contributed by atoms with E-state index >= 15 is 0 Å². The highest BCUT2D eigenvalue weighted by Crippen LogP contribution is 2.16. The lowest BCUT2D eigenvalue weighted by Crippen LogP contribution is -2.25. The Balaban J connectivity index is 1.90. The maximum Gasteiger partial charge on any atom is 0.268 e. The van der Waals surface area contributed by atoms with Crippen LogP contribution in [0.25, 0.3) is 0 Å². The number of nitrogens with zero attached hydrogens (tertiary/aromatic N) is 2. The first-order chi connectivity index (χ1) is 9.19. The minimum absolute atomic E-state index is 0.238. The van der Waals surface area contributed by atoms with Crippen molar-refractivity contribution < 1.29 is 9.47 Å². The molecule has 0 saturated heterocycles. The summed E-state index contributed by atoms with van der Waals surface area (Å²) in [6.07, 6.45) is 1.44. The molecule has 19 heavy (non-hydrogen) atoms. The molecule has 6 heteroatoms. The molecule has 1 heterocycles. The lowest BCUT2D eigenvalue weighted by Gasteiger charge is -2.08. The number of methoxy groups -OCH3 is 1. The number of rotatable bonds is 5. The highest BCUT2D eigenvalue weighted by Gasteiger charge is 1.99. The Bertz CT molecular complexity index is 593. The van der Waals surface area contributed by atoms with Gasteiger partial charge in [0.1, 0.15) is 18.1 Å². The van der Waals surface area contributed by atoms with E-state index in [0.29, 0.717) is 24.6 Å². The first kappa shape index (κ1) is 12.9. The van der Waals surface area contributed by atoms with Gasteiger partial charge in [-0.2, -0.15) is 5.10 Å². The standard InChI is InChI=1S/C13H15N3O3/c1-18-11-2-4-12(5-3-11)19-7-6-16-13(17)8-10(14)9-15-16/h2-5,8-9H,6-7,14H2,1H3. The summed E-state index contributed by atoms with van der Waals surface area (Å²) >= 11 is 0. The van der Waals surface area contributed by atoms with E-state index in [9.17, 15) is 4.79 Å². The molecule has 0 bridgehead atoms. The highest BCUT2D eigenvalue weighted by molar-refractivity contribution is 5.32. The molecule has 0 unspecified atom stereocenters. The molecule has 0 fully saturated rings. The van der Waals surface area contributed by atoms with Crippen molar-refractivity contribution in [1.29, 1.82) is 0 Å². The second-order valence-electron chi connectivity index (χ2n) is 3.87. The Morgan fingerprint density at radius 2 is 1.95 bits per heavy atom. The number of nitrogen functional groups attached to an aromatic ring is 1. The van der Waals surface area contributed by atoms with Crippen LogP contribution in [0.15, 0.2) is 41.3 Å². The summed E-state index contributed by atoms with van der Waals surface area (Å²) in [5, 5.41) is 3.92. The Labute approximate surface area is 110 Å². The summed E-state index contributed by atoms with van der Waals surface area (Å²) in [4.78, 5) is 11.5. The third kappa shape index (κ3) is 3.48. The molecule has 2 aromatic rings. The van der Waals surface area contributed by atoms with Crippen LogP contribution in [-0.4, -0.2) is 23.5 Å². The molecule has 0 aliphatic rings. The Kier molecular flexibility index (Phi) is 4.02. The predicted molar refractivity (Wildman–Crippen MR) is 71.4 cm³/mol. The van der Waals surface area contributed by atoms with E-state index in [4.69, 9.17) is 15.2 Å². The van der Waals surface area contributed by atoms with Gasteiger partial charge in [0.05, 0.1) is 25.5 Å².